The number of hydrogen-bond donors (Lipinski definition) is 1. The number of anilines is 1. The molecule has 1 N–H and O–H groups in total. The third kappa shape index (κ3) is 5.59. The van der Waals surface area contributed by atoms with Gasteiger partial charge in [0.1, 0.15) is 17.4 Å². The smallest absolute Gasteiger partial charge is 0.343 e. The number of carbonyl (C=O) groups excluding carboxylic acids is 2. The minimum atomic E-state index is -0.573. The SMILES string of the molecule is Cc1ccc(NC(=O)/C(C#N)=C/c2ccccc2OC(=O)c2ccc(Cl)cc2)c(C)c1. The van der Waals surface area contributed by atoms with Crippen LogP contribution in [-0.4, -0.2) is 11.9 Å². The maximum Gasteiger partial charge on any atom is 0.343 e. The zero-order chi connectivity index (χ0) is 22.4. The molecule has 0 saturated carbocycles. The summed E-state index contributed by atoms with van der Waals surface area (Å²) in [5.41, 5.74) is 3.23. The summed E-state index contributed by atoms with van der Waals surface area (Å²) in [7, 11) is 0. The van der Waals surface area contributed by atoms with Crippen LogP contribution in [0.4, 0.5) is 5.69 Å². The van der Waals surface area contributed by atoms with Crippen molar-refractivity contribution in [1.29, 1.82) is 5.26 Å². The van der Waals surface area contributed by atoms with Gasteiger partial charge in [0, 0.05) is 16.3 Å². The molecular formula is C25H19ClN2O3. The fourth-order valence-electron chi connectivity index (χ4n) is 2.89. The van der Waals surface area contributed by atoms with Crippen molar-refractivity contribution in [3.8, 4) is 11.8 Å². The largest absolute Gasteiger partial charge is 0.422 e. The molecule has 154 valence electrons. The number of esters is 1. The van der Waals surface area contributed by atoms with Crippen molar-refractivity contribution in [2.24, 2.45) is 0 Å². The minimum Gasteiger partial charge on any atom is -0.422 e. The van der Waals surface area contributed by atoms with E-state index in [0.717, 1.165) is 11.1 Å². The number of nitrogens with zero attached hydrogens (tertiary/aromatic N) is 1. The molecule has 31 heavy (non-hydrogen) atoms. The predicted molar refractivity (Wildman–Crippen MR) is 121 cm³/mol. The van der Waals surface area contributed by atoms with Gasteiger partial charge in [-0.2, -0.15) is 5.26 Å². The van der Waals surface area contributed by atoms with Crippen LogP contribution in [0.25, 0.3) is 6.08 Å². The summed E-state index contributed by atoms with van der Waals surface area (Å²) >= 11 is 5.85. The first kappa shape index (κ1) is 21.8. The Bertz CT molecular complexity index is 1210. The molecule has 0 aliphatic carbocycles. The van der Waals surface area contributed by atoms with Gasteiger partial charge in [0.05, 0.1) is 5.56 Å². The lowest BCUT2D eigenvalue weighted by Crippen LogP contribution is -2.14. The number of hydrogen-bond acceptors (Lipinski definition) is 4. The van der Waals surface area contributed by atoms with E-state index >= 15 is 0 Å². The normalized spacial score (nSPS) is 10.8. The standard InChI is InChI=1S/C25H19ClN2O3/c1-16-7-12-22(17(2)13-16)28-24(29)20(15-27)14-19-5-3-4-6-23(19)31-25(30)18-8-10-21(26)11-9-18/h3-14H,1-2H3,(H,28,29)/b20-14+. The van der Waals surface area contributed by atoms with E-state index in [0.29, 0.717) is 21.8 Å². The van der Waals surface area contributed by atoms with Gasteiger partial charge in [0.25, 0.3) is 5.91 Å². The summed E-state index contributed by atoms with van der Waals surface area (Å²) in [6.45, 7) is 3.84. The van der Waals surface area contributed by atoms with Gasteiger partial charge in [-0.3, -0.25) is 4.79 Å². The van der Waals surface area contributed by atoms with Gasteiger partial charge in [-0.25, -0.2) is 4.79 Å². The van der Waals surface area contributed by atoms with Crippen molar-refractivity contribution in [2.75, 3.05) is 5.32 Å². The van der Waals surface area contributed by atoms with Gasteiger partial charge in [0.2, 0.25) is 0 Å². The molecule has 0 radical (unpaired) electrons. The molecule has 0 bridgehead atoms. The molecule has 3 aromatic carbocycles. The highest BCUT2D eigenvalue weighted by atomic mass is 35.5. The number of carbonyl (C=O) groups is 2. The van der Waals surface area contributed by atoms with E-state index in [2.05, 4.69) is 5.32 Å². The Morgan fingerprint density at radius 2 is 1.74 bits per heavy atom. The number of nitrogens with one attached hydrogen (secondary N) is 1. The van der Waals surface area contributed by atoms with Crippen molar-refractivity contribution in [2.45, 2.75) is 13.8 Å². The Morgan fingerprint density at radius 1 is 1.03 bits per heavy atom. The molecule has 1 amide bonds. The van der Waals surface area contributed by atoms with Crippen LogP contribution >= 0.6 is 11.6 Å². The molecule has 0 aromatic heterocycles. The first-order valence-electron chi connectivity index (χ1n) is 9.44. The van der Waals surface area contributed by atoms with Gasteiger partial charge < -0.3 is 10.1 Å². The van der Waals surface area contributed by atoms with E-state index in [9.17, 15) is 14.9 Å². The van der Waals surface area contributed by atoms with Crippen molar-refractivity contribution in [3.63, 3.8) is 0 Å². The number of para-hydroxylation sites is 1. The summed E-state index contributed by atoms with van der Waals surface area (Å²) in [4.78, 5) is 25.1. The Labute approximate surface area is 185 Å². The number of benzene rings is 3. The molecule has 0 fully saturated rings. The summed E-state index contributed by atoms with van der Waals surface area (Å²) in [5, 5.41) is 12.8. The van der Waals surface area contributed by atoms with Crippen molar-refractivity contribution < 1.29 is 14.3 Å². The van der Waals surface area contributed by atoms with Crippen molar-refractivity contribution in [3.05, 3.63) is 99.6 Å². The number of rotatable bonds is 5. The maximum absolute atomic E-state index is 12.6. The predicted octanol–water partition coefficient (Wildman–Crippen LogP) is 5.72. The molecule has 0 aliphatic rings. The average molecular weight is 431 g/mol. The van der Waals surface area contributed by atoms with Crippen molar-refractivity contribution >= 4 is 35.2 Å². The van der Waals surface area contributed by atoms with Gasteiger partial charge in [0.15, 0.2) is 0 Å². The maximum atomic E-state index is 12.6. The first-order valence-corrected chi connectivity index (χ1v) is 9.82. The van der Waals surface area contributed by atoms with Crippen LogP contribution < -0.4 is 10.1 Å². The topological polar surface area (TPSA) is 79.2 Å². The highest BCUT2D eigenvalue weighted by molar-refractivity contribution is 6.30. The van der Waals surface area contributed by atoms with Gasteiger partial charge in [-0.05, 0) is 61.9 Å². The first-order chi connectivity index (χ1) is 14.9. The monoisotopic (exact) mass is 430 g/mol. The second kappa shape index (κ2) is 9.75. The molecule has 0 saturated heterocycles. The van der Waals surface area contributed by atoms with E-state index < -0.39 is 11.9 Å². The Morgan fingerprint density at radius 3 is 2.42 bits per heavy atom. The van der Waals surface area contributed by atoms with E-state index in [-0.39, 0.29) is 11.3 Å². The van der Waals surface area contributed by atoms with Crippen LogP contribution in [-0.2, 0) is 4.79 Å². The second-order valence-electron chi connectivity index (χ2n) is 6.88. The van der Waals surface area contributed by atoms with Crippen LogP contribution in [0.2, 0.25) is 5.02 Å². The van der Waals surface area contributed by atoms with Crippen LogP contribution in [0.1, 0.15) is 27.0 Å². The molecule has 0 atom stereocenters. The molecule has 0 unspecified atom stereocenters. The third-order valence-corrected chi connectivity index (χ3v) is 4.75. The third-order valence-electron chi connectivity index (χ3n) is 4.50. The summed E-state index contributed by atoms with van der Waals surface area (Å²) < 4.78 is 5.48. The molecule has 0 aliphatic heterocycles. The lowest BCUT2D eigenvalue weighted by Gasteiger charge is -2.10. The van der Waals surface area contributed by atoms with Crippen LogP contribution in [0.5, 0.6) is 5.75 Å². The Hall–Kier alpha value is -3.88. The second-order valence-corrected chi connectivity index (χ2v) is 7.31. The van der Waals surface area contributed by atoms with Gasteiger partial charge >= 0.3 is 5.97 Å². The van der Waals surface area contributed by atoms with Crippen molar-refractivity contribution in [1.82, 2.24) is 0 Å². The molecule has 0 spiro atoms. The number of halogens is 1. The molecule has 0 heterocycles. The molecular weight excluding hydrogens is 412 g/mol. The van der Waals surface area contributed by atoms with E-state index in [1.807, 2.05) is 32.0 Å². The molecule has 3 aromatic rings. The Kier molecular flexibility index (Phi) is 6.86. The number of amides is 1. The summed E-state index contributed by atoms with van der Waals surface area (Å²) in [6, 6.07) is 20.5. The van der Waals surface area contributed by atoms with Gasteiger partial charge in [-0.1, -0.05) is 47.5 Å². The minimum absolute atomic E-state index is 0.116. The van der Waals surface area contributed by atoms with Crippen LogP contribution in [0, 0.1) is 25.2 Å². The number of ether oxygens (including phenoxy) is 1. The fraction of sp³-hybridized carbons (Fsp3) is 0.0800. The Balaban J connectivity index is 1.84. The van der Waals surface area contributed by atoms with Crippen LogP contribution in [0.15, 0.2) is 72.3 Å². The molecule has 5 nitrogen and oxygen atoms in total. The highest BCUT2D eigenvalue weighted by Crippen LogP contribution is 2.24. The lowest BCUT2D eigenvalue weighted by molar-refractivity contribution is -0.112. The molecule has 3 rings (SSSR count). The average Bonchev–Trinajstić information content (AvgIpc) is 2.75. The fourth-order valence-corrected chi connectivity index (χ4v) is 3.01. The quantitative estimate of drug-likeness (QED) is 0.243. The van der Waals surface area contributed by atoms with Gasteiger partial charge in [-0.15, -0.1) is 0 Å². The lowest BCUT2D eigenvalue weighted by atomic mass is 10.1. The van der Waals surface area contributed by atoms with Crippen LogP contribution in [0.3, 0.4) is 0 Å². The zero-order valence-electron chi connectivity index (χ0n) is 17.0. The summed E-state index contributed by atoms with van der Waals surface area (Å²) in [5.74, 6) is -0.890. The summed E-state index contributed by atoms with van der Waals surface area (Å²) in [6.07, 6.45) is 1.39. The number of nitriles is 1. The van der Waals surface area contributed by atoms with E-state index in [1.54, 1.807) is 54.6 Å². The van der Waals surface area contributed by atoms with E-state index in [4.69, 9.17) is 16.3 Å². The van der Waals surface area contributed by atoms with E-state index in [1.165, 1.54) is 6.08 Å². The zero-order valence-corrected chi connectivity index (χ0v) is 17.7. The molecule has 6 heteroatoms. The number of aryl methyl sites for hydroxylation is 2. The highest BCUT2D eigenvalue weighted by Gasteiger charge is 2.14.